The largest absolute Gasteiger partial charge is 0.365 e. The molecule has 1 aromatic carbocycles. The number of fused-ring (bicyclic) bond motifs is 3. The van der Waals surface area contributed by atoms with Crippen LogP contribution in [0, 0.1) is 0 Å². The smallest absolute Gasteiger partial charge is 0.252 e. The quantitative estimate of drug-likeness (QED) is 0.702. The van der Waals surface area contributed by atoms with Crippen LogP contribution in [0.15, 0.2) is 42.6 Å². The molecule has 1 saturated heterocycles. The molecule has 2 aliphatic rings. The van der Waals surface area contributed by atoms with Crippen LogP contribution in [0.3, 0.4) is 0 Å². The maximum Gasteiger partial charge on any atom is 0.252 e. The molecule has 1 fully saturated rings. The van der Waals surface area contributed by atoms with Gasteiger partial charge in [-0.3, -0.25) is 9.59 Å². The Balaban J connectivity index is 1.33. The summed E-state index contributed by atoms with van der Waals surface area (Å²) in [5.41, 5.74) is 9.43. The van der Waals surface area contributed by atoms with Crippen LogP contribution in [0.4, 0.5) is 5.82 Å². The van der Waals surface area contributed by atoms with Gasteiger partial charge in [0, 0.05) is 49.0 Å². The Hall–Kier alpha value is -3.35. The number of nitrogens with two attached hydrogens (primary N) is 1. The highest BCUT2D eigenvalue weighted by atomic mass is 16.2. The van der Waals surface area contributed by atoms with E-state index in [1.54, 1.807) is 18.3 Å². The van der Waals surface area contributed by atoms with Crippen LogP contribution in [-0.2, 0) is 11.2 Å². The Morgan fingerprint density at radius 2 is 1.87 bits per heavy atom. The number of nitrogens with one attached hydrogen (secondary N) is 1. The van der Waals surface area contributed by atoms with E-state index in [0.717, 1.165) is 30.5 Å². The highest BCUT2D eigenvalue weighted by molar-refractivity contribution is 5.97. The molecular weight excluding hydrogens is 378 g/mol. The average Bonchev–Trinajstić information content (AvgIpc) is 3.17. The number of piperazine rings is 1. The number of benzene rings is 1. The fourth-order valence-electron chi connectivity index (χ4n) is 4.86. The number of hydrogen-bond donors (Lipinski definition) is 2. The third-order valence-corrected chi connectivity index (χ3v) is 6.36. The zero-order chi connectivity index (χ0) is 20.7. The first-order valence-corrected chi connectivity index (χ1v) is 10.5. The minimum Gasteiger partial charge on any atom is -0.365 e. The second-order valence-electron chi connectivity index (χ2n) is 8.06. The summed E-state index contributed by atoms with van der Waals surface area (Å²) >= 11 is 0. The molecule has 0 spiro atoms. The van der Waals surface area contributed by atoms with Crippen molar-refractivity contribution in [1.29, 1.82) is 0 Å². The van der Waals surface area contributed by atoms with Gasteiger partial charge in [-0.1, -0.05) is 18.2 Å². The Bertz CT molecular complexity index is 1110. The van der Waals surface area contributed by atoms with E-state index in [-0.39, 0.29) is 11.8 Å². The van der Waals surface area contributed by atoms with Crippen LogP contribution in [0.25, 0.3) is 10.9 Å². The van der Waals surface area contributed by atoms with Crippen molar-refractivity contribution in [3.8, 4) is 0 Å². The van der Waals surface area contributed by atoms with Gasteiger partial charge in [0.25, 0.3) is 5.91 Å². The van der Waals surface area contributed by atoms with E-state index in [4.69, 9.17) is 5.73 Å². The van der Waals surface area contributed by atoms with Crippen LogP contribution >= 0.6 is 0 Å². The molecule has 1 aliphatic heterocycles. The fourth-order valence-corrected chi connectivity index (χ4v) is 4.86. The number of aromatic amines is 1. The number of aryl methyl sites for hydroxylation is 1. The maximum atomic E-state index is 13.4. The lowest BCUT2D eigenvalue weighted by molar-refractivity contribution is -0.133. The molecule has 154 valence electrons. The number of nitrogens with zero attached hydrogens (tertiary/aromatic N) is 3. The lowest BCUT2D eigenvalue weighted by atomic mass is 9.85. The van der Waals surface area contributed by atoms with E-state index in [0.29, 0.717) is 37.6 Å². The number of carbonyl (C=O) groups is 2. The van der Waals surface area contributed by atoms with Gasteiger partial charge in [-0.2, -0.15) is 0 Å². The van der Waals surface area contributed by atoms with Gasteiger partial charge in [0.1, 0.15) is 5.82 Å². The summed E-state index contributed by atoms with van der Waals surface area (Å²) < 4.78 is 0. The number of carbonyl (C=O) groups excluding carboxylic acids is 2. The molecule has 30 heavy (non-hydrogen) atoms. The molecular formula is C23H25N5O2. The molecule has 7 heteroatoms. The van der Waals surface area contributed by atoms with Crippen LogP contribution in [0.5, 0.6) is 0 Å². The van der Waals surface area contributed by atoms with Gasteiger partial charge < -0.3 is 20.5 Å². The van der Waals surface area contributed by atoms with Gasteiger partial charge in [-0.05, 0) is 43.0 Å². The predicted molar refractivity (Wildman–Crippen MR) is 116 cm³/mol. The molecule has 3 heterocycles. The van der Waals surface area contributed by atoms with Crippen molar-refractivity contribution in [3.05, 3.63) is 59.4 Å². The second-order valence-corrected chi connectivity index (χ2v) is 8.06. The second kappa shape index (κ2) is 7.48. The highest BCUT2D eigenvalue weighted by Crippen LogP contribution is 2.37. The first-order valence-electron chi connectivity index (χ1n) is 10.5. The first kappa shape index (κ1) is 18.7. The van der Waals surface area contributed by atoms with Gasteiger partial charge in [0.15, 0.2) is 0 Å². The summed E-state index contributed by atoms with van der Waals surface area (Å²) in [6.45, 7) is 2.49. The Morgan fingerprint density at radius 1 is 1.07 bits per heavy atom. The van der Waals surface area contributed by atoms with Crippen LogP contribution in [0.2, 0.25) is 0 Å². The highest BCUT2D eigenvalue weighted by Gasteiger charge is 2.34. The number of para-hydroxylation sites is 1. The van der Waals surface area contributed by atoms with E-state index >= 15 is 0 Å². The number of aromatic nitrogens is 2. The Morgan fingerprint density at radius 3 is 2.67 bits per heavy atom. The normalized spacial score (nSPS) is 19.0. The molecule has 5 rings (SSSR count). The van der Waals surface area contributed by atoms with E-state index in [1.165, 1.54) is 10.9 Å². The number of rotatable bonds is 3. The summed E-state index contributed by atoms with van der Waals surface area (Å²) in [4.78, 5) is 37.0. The van der Waals surface area contributed by atoms with Crippen molar-refractivity contribution in [2.75, 3.05) is 31.1 Å². The predicted octanol–water partition coefficient (Wildman–Crippen LogP) is 2.43. The fraction of sp³-hybridized carbons (Fsp3) is 0.348. The first-order chi connectivity index (χ1) is 14.6. The SMILES string of the molecule is NC(=O)c1cccnc1N1CCN(C(=O)C2CCCc3c2[nH]c2ccccc32)CC1. The molecule has 0 bridgehead atoms. The molecule has 1 unspecified atom stereocenters. The summed E-state index contributed by atoms with van der Waals surface area (Å²) in [6, 6.07) is 11.7. The maximum absolute atomic E-state index is 13.4. The van der Waals surface area contributed by atoms with Gasteiger partial charge in [0.2, 0.25) is 5.91 Å². The molecule has 3 N–H and O–H groups in total. The number of hydrogen-bond acceptors (Lipinski definition) is 4. The van der Waals surface area contributed by atoms with Crippen molar-refractivity contribution in [2.45, 2.75) is 25.2 Å². The lowest BCUT2D eigenvalue weighted by Crippen LogP contribution is -2.51. The number of anilines is 1. The van der Waals surface area contributed by atoms with Gasteiger partial charge >= 0.3 is 0 Å². The summed E-state index contributed by atoms with van der Waals surface area (Å²) in [5.74, 6) is 0.208. The molecule has 2 amide bonds. The van der Waals surface area contributed by atoms with Crippen molar-refractivity contribution in [1.82, 2.24) is 14.9 Å². The van der Waals surface area contributed by atoms with Gasteiger partial charge in [-0.25, -0.2) is 4.98 Å². The Labute approximate surface area is 174 Å². The lowest BCUT2D eigenvalue weighted by Gasteiger charge is -2.38. The van der Waals surface area contributed by atoms with Crippen molar-refractivity contribution in [3.63, 3.8) is 0 Å². The number of primary amides is 1. The van der Waals surface area contributed by atoms with Crippen LogP contribution in [0.1, 0.15) is 40.4 Å². The summed E-state index contributed by atoms with van der Waals surface area (Å²) in [7, 11) is 0. The van der Waals surface area contributed by atoms with E-state index in [2.05, 4.69) is 28.2 Å². The minimum absolute atomic E-state index is 0.108. The zero-order valence-corrected chi connectivity index (χ0v) is 16.8. The van der Waals surface area contributed by atoms with Gasteiger partial charge in [0.05, 0.1) is 11.5 Å². The third kappa shape index (κ3) is 3.10. The average molecular weight is 403 g/mol. The monoisotopic (exact) mass is 403 g/mol. The number of amides is 2. The minimum atomic E-state index is -0.481. The zero-order valence-electron chi connectivity index (χ0n) is 16.8. The molecule has 0 radical (unpaired) electrons. The van der Waals surface area contributed by atoms with Crippen molar-refractivity contribution in [2.24, 2.45) is 5.73 Å². The standard InChI is InChI=1S/C23H25N5O2/c24-21(29)18-8-4-10-25-22(18)27-11-13-28(14-12-27)23(30)17-7-3-6-16-15-5-1-2-9-19(15)26-20(16)17/h1-2,4-5,8-10,17,26H,3,6-7,11-14H2,(H2,24,29). The molecule has 3 aromatic rings. The molecule has 0 saturated carbocycles. The summed E-state index contributed by atoms with van der Waals surface area (Å²) in [5, 5.41) is 1.24. The van der Waals surface area contributed by atoms with E-state index in [9.17, 15) is 9.59 Å². The molecule has 1 atom stereocenters. The molecule has 2 aromatic heterocycles. The Kier molecular flexibility index (Phi) is 4.65. The van der Waals surface area contributed by atoms with Crippen LogP contribution < -0.4 is 10.6 Å². The molecule has 7 nitrogen and oxygen atoms in total. The van der Waals surface area contributed by atoms with E-state index in [1.807, 2.05) is 15.9 Å². The number of H-pyrrole nitrogens is 1. The van der Waals surface area contributed by atoms with E-state index < -0.39 is 5.91 Å². The molecule has 1 aliphatic carbocycles. The summed E-state index contributed by atoms with van der Waals surface area (Å²) in [6.07, 6.45) is 4.59. The van der Waals surface area contributed by atoms with Crippen LogP contribution in [-0.4, -0.2) is 52.9 Å². The van der Waals surface area contributed by atoms with Crippen molar-refractivity contribution < 1.29 is 9.59 Å². The van der Waals surface area contributed by atoms with Gasteiger partial charge in [-0.15, -0.1) is 0 Å². The topological polar surface area (TPSA) is 95.3 Å². The third-order valence-electron chi connectivity index (χ3n) is 6.36. The van der Waals surface area contributed by atoms with Crippen molar-refractivity contribution >= 4 is 28.5 Å². The number of pyridine rings is 1.